The minimum absolute atomic E-state index is 0.149. The van der Waals surface area contributed by atoms with E-state index in [0.717, 1.165) is 89.1 Å². The van der Waals surface area contributed by atoms with Gasteiger partial charge in [0.15, 0.2) is 0 Å². The summed E-state index contributed by atoms with van der Waals surface area (Å²) in [6, 6.07) is 59.1. The second-order valence-electron chi connectivity index (χ2n) is 17.2. The zero-order chi connectivity index (χ0) is 47.1. The summed E-state index contributed by atoms with van der Waals surface area (Å²) in [6.07, 6.45) is -10.1. The van der Waals surface area contributed by atoms with Crippen molar-refractivity contribution in [2.75, 3.05) is 0 Å². The Morgan fingerprint density at radius 1 is 0.368 bits per heavy atom. The van der Waals surface area contributed by atoms with E-state index in [0.29, 0.717) is 28.1 Å². The Bertz CT molecular complexity index is 3850. The number of nitrogens with zero attached hydrogens (tertiary/aromatic N) is 3. The van der Waals surface area contributed by atoms with Crippen molar-refractivity contribution < 1.29 is 26.3 Å². The van der Waals surface area contributed by atoms with E-state index in [9.17, 15) is 31.6 Å². The van der Waals surface area contributed by atoms with Crippen LogP contribution in [0.2, 0.25) is 0 Å². The minimum Gasteiger partial charge on any atom is -0.309 e. The normalized spacial score (nSPS) is 12.1. The van der Waals surface area contributed by atoms with Crippen LogP contribution in [0.4, 0.5) is 26.3 Å². The van der Waals surface area contributed by atoms with Crippen LogP contribution in [0, 0.1) is 25.2 Å². The van der Waals surface area contributed by atoms with Crippen molar-refractivity contribution in [2.24, 2.45) is 0 Å². The highest BCUT2D eigenvalue weighted by Crippen LogP contribution is 2.45. The third kappa shape index (κ3) is 7.08. The summed E-state index contributed by atoms with van der Waals surface area (Å²) in [4.78, 5) is 0. The molecule has 0 unspecified atom stereocenters. The van der Waals surface area contributed by atoms with E-state index in [-0.39, 0.29) is 17.2 Å². The number of aromatic nitrogens is 2. The summed E-state index contributed by atoms with van der Waals surface area (Å²) in [5.74, 6) is 0. The molecule has 0 aliphatic carbocycles. The Balaban J connectivity index is 1.23. The molecule has 0 aliphatic heterocycles. The van der Waals surface area contributed by atoms with Crippen molar-refractivity contribution in [1.82, 2.24) is 9.13 Å². The minimum atomic E-state index is -5.04. The van der Waals surface area contributed by atoms with Gasteiger partial charge < -0.3 is 9.13 Å². The zero-order valence-electron chi connectivity index (χ0n) is 36.5. The van der Waals surface area contributed by atoms with Crippen molar-refractivity contribution in [2.45, 2.75) is 26.2 Å². The van der Waals surface area contributed by atoms with Gasteiger partial charge >= 0.3 is 12.4 Å². The first-order valence-electron chi connectivity index (χ1n) is 21.9. The van der Waals surface area contributed by atoms with Crippen molar-refractivity contribution in [3.8, 4) is 62.0 Å². The maximum atomic E-state index is 14.4. The molecule has 0 aliphatic rings. The molecule has 0 N–H and O–H groups in total. The van der Waals surface area contributed by atoms with Gasteiger partial charge in [-0.05, 0) is 131 Å². The van der Waals surface area contributed by atoms with Crippen molar-refractivity contribution in [3.63, 3.8) is 0 Å². The fourth-order valence-electron chi connectivity index (χ4n) is 9.85. The second-order valence-corrected chi connectivity index (χ2v) is 17.2. The van der Waals surface area contributed by atoms with Crippen molar-refractivity contribution >= 4 is 43.6 Å². The number of benzene rings is 9. The fraction of sp³-hybridized carbons (Fsp3) is 0.0678. The van der Waals surface area contributed by atoms with Crippen LogP contribution in [0.5, 0.6) is 0 Å². The van der Waals surface area contributed by atoms with Gasteiger partial charge in [0, 0.05) is 32.7 Å². The van der Waals surface area contributed by atoms with Gasteiger partial charge in [0.05, 0.1) is 56.2 Å². The lowest BCUT2D eigenvalue weighted by molar-refractivity contribution is -0.143. The topological polar surface area (TPSA) is 33.6 Å². The average Bonchev–Trinajstić information content (AvgIpc) is 3.85. The van der Waals surface area contributed by atoms with Crippen LogP contribution in [0.3, 0.4) is 0 Å². The molecule has 2 aromatic heterocycles. The Labute approximate surface area is 387 Å². The Kier molecular flexibility index (Phi) is 9.90. The predicted molar refractivity (Wildman–Crippen MR) is 261 cm³/mol. The third-order valence-electron chi connectivity index (χ3n) is 13.1. The number of alkyl halides is 6. The van der Waals surface area contributed by atoms with E-state index in [1.54, 1.807) is 24.3 Å². The molecular formula is C59H37F6N3. The van der Waals surface area contributed by atoms with Crippen LogP contribution in [0.25, 0.3) is 99.5 Å². The summed E-state index contributed by atoms with van der Waals surface area (Å²) in [5.41, 5.74) is 9.70. The van der Waals surface area contributed by atoms with Crippen LogP contribution in [-0.4, -0.2) is 9.13 Å². The highest BCUT2D eigenvalue weighted by molar-refractivity contribution is 6.13. The van der Waals surface area contributed by atoms with Crippen LogP contribution < -0.4 is 0 Å². The smallest absolute Gasteiger partial charge is 0.309 e. The number of fused-ring (bicyclic) bond motifs is 6. The molecule has 0 radical (unpaired) electrons. The van der Waals surface area contributed by atoms with Crippen LogP contribution in [0.15, 0.2) is 188 Å². The molecule has 0 saturated carbocycles. The number of nitriles is 1. The Morgan fingerprint density at radius 2 is 0.794 bits per heavy atom. The van der Waals surface area contributed by atoms with E-state index in [1.807, 2.05) is 109 Å². The molecule has 0 atom stereocenters. The third-order valence-corrected chi connectivity index (χ3v) is 13.1. The number of halogens is 6. The molecule has 2 heterocycles. The summed E-state index contributed by atoms with van der Waals surface area (Å²) in [7, 11) is 0. The highest BCUT2D eigenvalue weighted by atomic mass is 19.4. The van der Waals surface area contributed by atoms with Gasteiger partial charge in [0.2, 0.25) is 0 Å². The SMILES string of the molecule is Cc1ccccc1-c1ccc2c(c1)c1ccccc1n2-c1cc(C#N)ccc1-c1ccc(-c2cc(C(F)(F)F)cc(C(F)(F)F)c2)cc1-n1c2ccccc2c2cc(-c3ccccc3C)ccc21. The highest BCUT2D eigenvalue weighted by Gasteiger charge is 2.37. The molecule has 330 valence electrons. The summed E-state index contributed by atoms with van der Waals surface area (Å²) >= 11 is 0. The van der Waals surface area contributed by atoms with Crippen LogP contribution in [0.1, 0.15) is 27.8 Å². The van der Waals surface area contributed by atoms with Gasteiger partial charge in [-0.25, -0.2) is 0 Å². The molecule has 0 fully saturated rings. The maximum absolute atomic E-state index is 14.4. The number of hydrogen-bond acceptors (Lipinski definition) is 1. The summed E-state index contributed by atoms with van der Waals surface area (Å²) in [5, 5.41) is 14.2. The van der Waals surface area contributed by atoms with E-state index in [2.05, 4.69) is 66.1 Å². The second kappa shape index (κ2) is 15.9. The van der Waals surface area contributed by atoms with Crippen LogP contribution >= 0.6 is 0 Å². The standard InChI is InChI=1S/C59H37F6N3/c1-35-11-3-5-13-44(35)39-21-25-54-50(30-39)46-15-7-9-17-52(46)67(54)56-27-37(34-66)19-23-48(56)49-24-20-38(41-28-42(58(60,61)62)33-43(29-41)59(63,64)65)32-57(49)68-53-18-10-8-16-47(53)51-31-40(22-26-55(51)68)45-14-6-4-12-36(45)2/h3-33H,1-2H3. The average molecular weight is 902 g/mol. The first-order chi connectivity index (χ1) is 32.8. The first-order valence-corrected chi connectivity index (χ1v) is 21.9. The molecule has 11 aromatic rings. The van der Waals surface area contributed by atoms with Crippen molar-refractivity contribution in [1.29, 1.82) is 5.26 Å². The van der Waals surface area contributed by atoms with E-state index < -0.39 is 23.5 Å². The fourth-order valence-corrected chi connectivity index (χ4v) is 9.85. The summed E-state index contributed by atoms with van der Waals surface area (Å²) in [6.45, 7) is 4.13. The lowest BCUT2D eigenvalue weighted by atomic mass is 9.94. The van der Waals surface area contributed by atoms with Gasteiger partial charge in [-0.3, -0.25) is 0 Å². The monoisotopic (exact) mass is 901 g/mol. The van der Waals surface area contributed by atoms with E-state index in [4.69, 9.17) is 0 Å². The summed E-state index contributed by atoms with van der Waals surface area (Å²) < 4.78 is 90.3. The molecule has 0 amide bonds. The van der Waals surface area contributed by atoms with Gasteiger partial charge in [-0.1, -0.05) is 115 Å². The lowest BCUT2D eigenvalue weighted by Crippen LogP contribution is -2.11. The molecule has 9 heteroatoms. The number of para-hydroxylation sites is 2. The Morgan fingerprint density at radius 3 is 1.28 bits per heavy atom. The van der Waals surface area contributed by atoms with Gasteiger partial charge in [-0.15, -0.1) is 0 Å². The number of aryl methyl sites for hydroxylation is 2. The van der Waals surface area contributed by atoms with Crippen LogP contribution in [-0.2, 0) is 12.4 Å². The molecule has 68 heavy (non-hydrogen) atoms. The number of hydrogen-bond donors (Lipinski definition) is 0. The van der Waals surface area contributed by atoms with E-state index >= 15 is 0 Å². The van der Waals surface area contributed by atoms with Crippen molar-refractivity contribution in [3.05, 3.63) is 216 Å². The maximum Gasteiger partial charge on any atom is 0.416 e. The molecule has 11 rings (SSSR count). The van der Waals surface area contributed by atoms with Gasteiger partial charge in [0.1, 0.15) is 0 Å². The molecule has 0 bridgehead atoms. The van der Waals surface area contributed by atoms with E-state index in [1.165, 1.54) is 0 Å². The molecule has 0 spiro atoms. The molecule has 0 saturated heterocycles. The predicted octanol–water partition coefficient (Wildman–Crippen LogP) is 17.1. The van der Waals surface area contributed by atoms with Gasteiger partial charge in [0.25, 0.3) is 0 Å². The quantitative estimate of drug-likeness (QED) is 0.153. The largest absolute Gasteiger partial charge is 0.416 e. The molecule has 3 nitrogen and oxygen atoms in total. The lowest BCUT2D eigenvalue weighted by Gasteiger charge is -2.21. The Hall–Kier alpha value is -8.35. The molecular weight excluding hydrogens is 865 g/mol. The number of rotatable bonds is 6. The zero-order valence-corrected chi connectivity index (χ0v) is 36.5. The van der Waals surface area contributed by atoms with Gasteiger partial charge in [-0.2, -0.15) is 31.6 Å². The first kappa shape index (κ1) is 42.3. The molecule has 9 aromatic carbocycles.